The molecule has 0 radical (unpaired) electrons. The van der Waals surface area contributed by atoms with Crippen LogP contribution in [-0.4, -0.2) is 86.8 Å². The van der Waals surface area contributed by atoms with E-state index < -0.39 is 94.3 Å². The normalized spacial score (nSPS) is 50.5. The van der Waals surface area contributed by atoms with Crippen LogP contribution < -0.4 is 0 Å². The van der Waals surface area contributed by atoms with Crippen LogP contribution in [0.4, 0.5) is 0 Å². The van der Waals surface area contributed by atoms with E-state index in [0.29, 0.717) is 6.42 Å². The zero-order chi connectivity index (χ0) is 28.2. The van der Waals surface area contributed by atoms with E-state index in [1.165, 1.54) is 13.8 Å². The van der Waals surface area contributed by atoms with Crippen molar-refractivity contribution in [3.63, 3.8) is 0 Å². The molecule has 0 aromatic carbocycles. The number of rotatable bonds is 4. The minimum absolute atomic E-state index is 0.0880. The summed E-state index contributed by atoms with van der Waals surface area (Å²) in [6.45, 7) is 9.32. The summed E-state index contributed by atoms with van der Waals surface area (Å²) in [4.78, 5) is 38.5. The van der Waals surface area contributed by atoms with Gasteiger partial charge in [0.25, 0.3) is 0 Å². The Morgan fingerprint density at radius 3 is 2.50 bits per heavy atom. The molecule has 2 bridgehead atoms. The second kappa shape index (κ2) is 8.47. The number of ether oxygens (including phenoxy) is 4. The molecule has 13 atom stereocenters. The monoisotopic (exact) mass is 538 g/mol. The number of hydrogen-bond acceptors (Lipinski definition) is 11. The molecule has 5 aliphatic rings. The third-order valence-electron chi connectivity index (χ3n) is 10.5. The van der Waals surface area contributed by atoms with Crippen molar-refractivity contribution in [2.75, 3.05) is 6.61 Å². The van der Waals surface area contributed by atoms with Crippen molar-refractivity contribution in [2.24, 2.45) is 34.5 Å². The summed E-state index contributed by atoms with van der Waals surface area (Å²) in [5.41, 5.74) is -3.19. The van der Waals surface area contributed by atoms with Gasteiger partial charge >= 0.3 is 17.9 Å². The van der Waals surface area contributed by atoms with Crippen LogP contribution in [0.2, 0.25) is 0 Å². The van der Waals surface area contributed by atoms with E-state index in [9.17, 15) is 34.8 Å². The van der Waals surface area contributed by atoms with E-state index in [1.54, 1.807) is 26.8 Å². The fourth-order valence-electron chi connectivity index (χ4n) is 8.71. The van der Waals surface area contributed by atoms with Crippen molar-refractivity contribution in [3.05, 3.63) is 11.6 Å². The maximum absolute atomic E-state index is 13.5. The average molecular weight is 539 g/mol. The fourth-order valence-corrected chi connectivity index (χ4v) is 8.71. The molecule has 212 valence electrons. The number of aliphatic hydroxyl groups excluding tert-OH is 3. The Kier molecular flexibility index (Phi) is 6.14. The largest absolute Gasteiger partial charge is 0.459 e. The van der Waals surface area contributed by atoms with Crippen LogP contribution in [0, 0.1) is 34.5 Å². The first-order chi connectivity index (χ1) is 17.6. The number of carbonyl (C=O) groups is 3. The highest BCUT2D eigenvalue weighted by atomic mass is 16.7. The average Bonchev–Trinajstić information content (AvgIpc) is 3.13. The first-order valence-electron chi connectivity index (χ1n) is 13.3. The Labute approximate surface area is 221 Å². The Hall–Kier alpha value is -2.05. The number of carbonyl (C=O) groups excluding carboxylic acids is 3. The van der Waals surface area contributed by atoms with Crippen LogP contribution in [0.5, 0.6) is 0 Å². The predicted molar refractivity (Wildman–Crippen MR) is 128 cm³/mol. The third kappa shape index (κ3) is 3.22. The van der Waals surface area contributed by atoms with Gasteiger partial charge in [-0.15, -0.1) is 0 Å². The van der Waals surface area contributed by atoms with Gasteiger partial charge in [0.1, 0.15) is 12.2 Å². The van der Waals surface area contributed by atoms with E-state index >= 15 is 0 Å². The van der Waals surface area contributed by atoms with Crippen molar-refractivity contribution < 1.29 is 53.8 Å². The van der Waals surface area contributed by atoms with Crippen LogP contribution >= 0.6 is 0 Å². The number of esters is 3. The molecule has 38 heavy (non-hydrogen) atoms. The SMILES string of the molecule is CC[C@@](C)(OC(C)=O)C(=O)O[C@H]1C(=O)O[C@@H]2C[C@@H]3C(C)=C[C@@H](O)[C@@H](O)[C@]3(C)[C@H]3[C@@]4(O)OC[C@]32[C@H]1[C@@H](C)[C@H]4O. The van der Waals surface area contributed by atoms with Gasteiger partial charge in [0.15, 0.2) is 5.79 Å². The maximum Gasteiger partial charge on any atom is 0.351 e. The lowest BCUT2D eigenvalue weighted by molar-refractivity contribution is -0.345. The molecule has 5 rings (SSSR count). The Balaban J connectivity index is 1.64. The lowest BCUT2D eigenvalue weighted by atomic mass is 9.38. The first-order valence-corrected chi connectivity index (χ1v) is 13.3. The minimum atomic E-state index is -2.10. The van der Waals surface area contributed by atoms with Crippen molar-refractivity contribution >= 4 is 17.9 Å². The fraction of sp³-hybridized carbons (Fsp3) is 0.815. The zero-order valence-corrected chi connectivity index (χ0v) is 22.5. The van der Waals surface area contributed by atoms with Crippen molar-refractivity contribution in [3.8, 4) is 0 Å². The molecule has 2 aliphatic heterocycles. The molecule has 1 spiro atoms. The smallest absolute Gasteiger partial charge is 0.351 e. The van der Waals surface area contributed by atoms with Crippen molar-refractivity contribution in [1.29, 1.82) is 0 Å². The Bertz CT molecular complexity index is 1090. The van der Waals surface area contributed by atoms with E-state index in [1.807, 2.05) is 6.92 Å². The van der Waals surface area contributed by atoms with Gasteiger partial charge in [0, 0.05) is 29.6 Å². The summed E-state index contributed by atoms with van der Waals surface area (Å²) >= 11 is 0. The van der Waals surface area contributed by atoms with Crippen LogP contribution in [0.1, 0.15) is 54.4 Å². The molecule has 4 fully saturated rings. The summed E-state index contributed by atoms with van der Waals surface area (Å²) < 4.78 is 22.9. The molecule has 11 heteroatoms. The van der Waals surface area contributed by atoms with Crippen molar-refractivity contribution in [1.82, 2.24) is 0 Å². The first kappa shape index (κ1) is 27.5. The molecule has 0 aromatic heterocycles. The van der Waals surface area contributed by atoms with Gasteiger partial charge in [-0.2, -0.15) is 0 Å². The van der Waals surface area contributed by atoms with E-state index in [-0.39, 0.29) is 13.0 Å². The van der Waals surface area contributed by atoms with Gasteiger partial charge in [-0.25, -0.2) is 9.59 Å². The van der Waals surface area contributed by atoms with Gasteiger partial charge < -0.3 is 39.4 Å². The summed E-state index contributed by atoms with van der Waals surface area (Å²) in [7, 11) is 0. The van der Waals surface area contributed by atoms with Gasteiger partial charge in [0.2, 0.25) is 11.7 Å². The quantitative estimate of drug-likeness (QED) is 0.219. The van der Waals surface area contributed by atoms with E-state index in [0.717, 1.165) is 5.57 Å². The lowest BCUT2D eigenvalue weighted by Crippen LogP contribution is -2.78. The molecule has 0 unspecified atom stereocenters. The highest BCUT2D eigenvalue weighted by Crippen LogP contribution is 2.74. The van der Waals surface area contributed by atoms with Crippen LogP contribution in [0.3, 0.4) is 0 Å². The molecule has 2 saturated carbocycles. The second-order valence-corrected chi connectivity index (χ2v) is 12.3. The predicted octanol–water partition coefficient (Wildman–Crippen LogP) is 0.212. The number of allylic oxidation sites excluding steroid dienone is 1. The molecule has 4 N–H and O–H groups in total. The van der Waals surface area contributed by atoms with Gasteiger partial charge in [-0.05, 0) is 38.5 Å². The standard InChI is InChI=1S/C27H38O11/c1-7-24(5,38-13(4)28)23(33)37-18-17-12(3)19(30)27(34)22-25(6)14(11(2)8-15(29)20(25)31)9-16(36-21(18)32)26(17,22)10-35-27/h8,12,14-20,22,29-31,34H,7,9-10H2,1-6H3/t12-,14-,15-,16-,17+,18-,19-,20-,22-,24-,25-,26+,27+/m1/s1. The molecular formula is C27H38O11. The molecule has 0 aromatic rings. The number of fused-ring (bicyclic) bond motifs is 1. The molecule has 2 saturated heterocycles. The molecule has 3 aliphatic carbocycles. The highest BCUT2D eigenvalue weighted by molar-refractivity contribution is 5.86. The topological polar surface area (TPSA) is 169 Å². The van der Waals surface area contributed by atoms with Crippen LogP contribution in [0.15, 0.2) is 11.6 Å². The zero-order valence-electron chi connectivity index (χ0n) is 22.5. The molecular weight excluding hydrogens is 500 g/mol. The highest BCUT2D eigenvalue weighted by Gasteiger charge is 2.83. The van der Waals surface area contributed by atoms with E-state index in [2.05, 4.69) is 0 Å². The Morgan fingerprint density at radius 2 is 1.89 bits per heavy atom. The summed E-state index contributed by atoms with van der Waals surface area (Å²) in [6.07, 6.45) is -4.32. The summed E-state index contributed by atoms with van der Waals surface area (Å²) in [5, 5.41) is 45.5. The summed E-state index contributed by atoms with van der Waals surface area (Å²) in [5.74, 6) is -7.52. The molecule has 2 heterocycles. The maximum atomic E-state index is 13.5. The minimum Gasteiger partial charge on any atom is -0.459 e. The molecule has 0 amide bonds. The Morgan fingerprint density at radius 1 is 1.24 bits per heavy atom. The number of aliphatic hydroxyl groups is 4. The van der Waals surface area contributed by atoms with E-state index in [4.69, 9.17) is 18.9 Å². The van der Waals surface area contributed by atoms with Gasteiger partial charge in [-0.3, -0.25) is 4.79 Å². The second-order valence-electron chi connectivity index (χ2n) is 12.3. The van der Waals surface area contributed by atoms with Crippen LogP contribution in [0.25, 0.3) is 0 Å². The number of hydrogen-bond donors (Lipinski definition) is 4. The lowest BCUT2D eigenvalue weighted by Gasteiger charge is -2.68. The van der Waals surface area contributed by atoms with Crippen molar-refractivity contribution in [2.45, 2.75) is 96.3 Å². The molecule has 11 nitrogen and oxygen atoms in total. The van der Waals surface area contributed by atoms with Gasteiger partial charge in [-0.1, -0.05) is 32.4 Å². The van der Waals surface area contributed by atoms with Gasteiger partial charge in [0.05, 0.1) is 18.8 Å². The van der Waals surface area contributed by atoms with Crippen LogP contribution in [-0.2, 0) is 33.3 Å². The third-order valence-corrected chi connectivity index (χ3v) is 10.5. The summed E-state index contributed by atoms with van der Waals surface area (Å²) in [6, 6.07) is 0.